The summed E-state index contributed by atoms with van der Waals surface area (Å²) in [5, 5.41) is 0. The summed E-state index contributed by atoms with van der Waals surface area (Å²) in [6, 6.07) is 5.87. The molecule has 2 aliphatic heterocycles. The average molecular weight is 330 g/mol. The Morgan fingerprint density at radius 1 is 1.42 bits per heavy atom. The predicted octanol–water partition coefficient (Wildman–Crippen LogP) is 2.12. The monoisotopic (exact) mass is 330 g/mol. The van der Waals surface area contributed by atoms with Crippen molar-refractivity contribution < 1.29 is 14.3 Å². The molecule has 3 heterocycles. The quantitative estimate of drug-likeness (QED) is 0.750. The third-order valence-electron chi connectivity index (χ3n) is 5.79. The fraction of sp³-hybridized carbons (Fsp3) is 0.684. The van der Waals surface area contributed by atoms with Crippen LogP contribution in [0, 0.1) is 23.7 Å². The van der Waals surface area contributed by atoms with Crippen LogP contribution in [0.5, 0.6) is 0 Å². The van der Waals surface area contributed by atoms with Crippen LogP contribution in [0.2, 0.25) is 0 Å². The number of carbonyl (C=O) groups excluding carboxylic acids is 1. The van der Waals surface area contributed by atoms with E-state index in [1.165, 1.54) is 0 Å². The molecule has 0 bridgehead atoms. The lowest BCUT2D eigenvalue weighted by atomic mass is 9.91. The molecular formula is C19H26N2O3. The predicted molar refractivity (Wildman–Crippen MR) is 89.1 cm³/mol. The lowest BCUT2D eigenvalue weighted by Crippen LogP contribution is -2.32. The van der Waals surface area contributed by atoms with E-state index in [-0.39, 0.29) is 12.0 Å². The van der Waals surface area contributed by atoms with Gasteiger partial charge in [-0.05, 0) is 36.8 Å². The minimum Gasteiger partial charge on any atom is -0.376 e. The lowest BCUT2D eigenvalue weighted by molar-refractivity contribution is -0.132. The van der Waals surface area contributed by atoms with E-state index in [4.69, 9.17) is 9.47 Å². The van der Waals surface area contributed by atoms with Crippen LogP contribution in [-0.4, -0.2) is 48.2 Å². The number of hydrogen-bond acceptors (Lipinski definition) is 4. The van der Waals surface area contributed by atoms with Crippen molar-refractivity contribution in [1.82, 2.24) is 9.88 Å². The Morgan fingerprint density at radius 3 is 3.04 bits per heavy atom. The Morgan fingerprint density at radius 2 is 2.29 bits per heavy atom. The summed E-state index contributed by atoms with van der Waals surface area (Å²) in [5.41, 5.74) is 0.967. The zero-order valence-electron chi connectivity index (χ0n) is 14.3. The molecule has 1 saturated carbocycles. The first-order valence-electron chi connectivity index (χ1n) is 9.10. The largest absolute Gasteiger partial charge is 0.376 e. The molecule has 2 saturated heterocycles. The van der Waals surface area contributed by atoms with Crippen LogP contribution in [0.4, 0.5) is 0 Å². The summed E-state index contributed by atoms with van der Waals surface area (Å²) >= 11 is 0. The number of hydrogen-bond donors (Lipinski definition) is 0. The van der Waals surface area contributed by atoms with Gasteiger partial charge >= 0.3 is 0 Å². The molecular weight excluding hydrogens is 304 g/mol. The molecule has 0 radical (unpaired) electrons. The van der Waals surface area contributed by atoms with Crippen molar-refractivity contribution in [3.63, 3.8) is 0 Å². The molecule has 24 heavy (non-hydrogen) atoms. The lowest BCUT2D eigenvalue weighted by Gasteiger charge is -2.20. The van der Waals surface area contributed by atoms with Gasteiger partial charge in [0.15, 0.2) is 0 Å². The molecule has 0 N–H and O–H groups in total. The van der Waals surface area contributed by atoms with Crippen LogP contribution < -0.4 is 0 Å². The van der Waals surface area contributed by atoms with E-state index in [1.807, 2.05) is 23.1 Å². The third kappa shape index (κ3) is 3.33. The number of carbonyl (C=O) groups is 1. The van der Waals surface area contributed by atoms with E-state index >= 15 is 0 Å². The van der Waals surface area contributed by atoms with Crippen molar-refractivity contribution in [2.45, 2.75) is 32.5 Å². The van der Waals surface area contributed by atoms with Gasteiger partial charge in [-0.2, -0.15) is 0 Å². The standard InChI is InChI=1S/C19H26N2O3/c1-13-8-16(13)19(22)21-9-17-14(11-24-18(17)10-21)5-7-23-12-15-4-2-3-6-20-15/h2-4,6,13-14,16-18H,5,7-12H2,1H3/t13-,14-,16+,17-,18-/m0/s1. The van der Waals surface area contributed by atoms with Crippen LogP contribution in [-0.2, 0) is 20.9 Å². The van der Waals surface area contributed by atoms with Gasteiger partial charge in [-0.25, -0.2) is 0 Å². The van der Waals surface area contributed by atoms with Gasteiger partial charge in [0.1, 0.15) is 0 Å². The molecule has 0 spiro atoms. The van der Waals surface area contributed by atoms with E-state index in [0.717, 1.165) is 44.8 Å². The Bertz CT molecular complexity index is 579. The number of ether oxygens (including phenoxy) is 2. The average Bonchev–Trinajstić information content (AvgIpc) is 3.02. The summed E-state index contributed by atoms with van der Waals surface area (Å²) < 4.78 is 11.7. The highest BCUT2D eigenvalue weighted by Crippen LogP contribution is 2.42. The van der Waals surface area contributed by atoms with Gasteiger partial charge in [-0.3, -0.25) is 9.78 Å². The van der Waals surface area contributed by atoms with Gasteiger partial charge < -0.3 is 14.4 Å². The van der Waals surface area contributed by atoms with Crippen LogP contribution in [0.25, 0.3) is 0 Å². The molecule has 5 atom stereocenters. The molecule has 130 valence electrons. The van der Waals surface area contributed by atoms with Gasteiger partial charge in [0.2, 0.25) is 5.91 Å². The number of amides is 1. The number of pyridine rings is 1. The van der Waals surface area contributed by atoms with E-state index in [0.29, 0.717) is 30.3 Å². The molecule has 1 aromatic rings. The fourth-order valence-corrected chi connectivity index (χ4v) is 4.07. The Hall–Kier alpha value is -1.46. The van der Waals surface area contributed by atoms with E-state index in [9.17, 15) is 4.79 Å². The van der Waals surface area contributed by atoms with Crippen molar-refractivity contribution in [2.24, 2.45) is 23.7 Å². The first-order valence-corrected chi connectivity index (χ1v) is 9.10. The SMILES string of the molecule is C[C@H]1C[C@H]1C(=O)N1C[C@H]2[C@@H](CCOCc3ccccn3)CO[C@H]2C1. The maximum atomic E-state index is 12.4. The minimum atomic E-state index is 0.240. The first-order chi connectivity index (χ1) is 11.7. The summed E-state index contributed by atoms with van der Waals surface area (Å²) in [6.45, 7) is 5.92. The Balaban J connectivity index is 1.22. The second kappa shape index (κ2) is 6.81. The van der Waals surface area contributed by atoms with Crippen LogP contribution in [0.1, 0.15) is 25.5 Å². The Labute approximate surface area is 143 Å². The van der Waals surface area contributed by atoms with E-state index in [2.05, 4.69) is 11.9 Å². The first kappa shape index (κ1) is 16.0. The summed E-state index contributed by atoms with van der Waals surface area (Å²) in [6.07, 6.45) is 4.09. The van der Waals surface area contributed by atoms with Crippen molar-refractivity contribution >= 4 is 5.91 Å². The molecule has 0 unspecified atom stereocenters. The molecule has 1 amide bonds. The number of nitrogens with zero attached hydrogens (tertiary/aromatic N) is 2. The molecule has 4 rings (SSSR count). The van der Waals surface area contributed by atoms with Gasteiger partial charge in [0.05, 0.1) is 25.0 Å². The number of rotatable bonds is 6. The molecule has 5 heteroatoms. The van der Waals surface area contributed by atoms with Crippen molar-refractivity contribution in [3.8, 4) is 0 Å². The van der Waals surface area contributed by atoms with E-state index in [1.54, 1.807) is 6.20 Å². The van der Waals surface area contributed by atoms with Crippen molar-refractivity contribution in [2.75, 3.05) is 26.3 Å². The number of likely N-dealkylation sites (tertiary alicyclic amines) is 1. The highest BCUT2D eigenvalue weighted by atomic mass is 16.5. The zero-order chi connectivity index (χ0) is 16.5. The normalized spacial score (nSPS) is 34.4. The van der Waals surface area contributed by atoms with Crippen LogP contribution in [0.3, 0.4) is 0 Å². The molecule has 3 fully saturated rings. The molecule has 5 nitrogen and oxygen atoms in total. The second-order valence-electron chi connectivity index (χ2n) is 7.52. The van der Waals surface area contributed by atoms with E-state index < -0.39 is 0 Å². The van der Waals surface area contributed by atoms with Crippen LogP contribution >= 0.6 is 0 Å². The fourth-order valence-electron chi connectivity index (χ4n) is 4.07. The summed E-state index contributed by atoms with van der Waals surface area (Å²) in [5.74, 6) is 2.21. The maximum Gasteiger partial charge on any atom is 0.226 e. The zero-order valence-corrected chi connectivity index (χ0v) is 14.3. The maximum absolute atomic E-state index is 12.4. The van der Waals surface area contributed by atoms with Gasteiger partial charge in [0.25, 0.3) is 0 Å². The van der Waals surface area contributed by atoms with Gasteiger partial charge in [0, 0.05) is 37.7 Å². The summed E-state index contributed by atoms with van der Waals surface area (Å²) in [7, 11) is 0. The highest BCUT2D eigenvalue weighted by molar-refractivity contribution is 5.82. The van der Waals surface area contributed by atoms with Gasteiger partial charge in [-0.1, -0.05) is 13.0 Å². The number of aromatic nitrogens is 1. The molecule has 0 aromatic carbocycles. The van der Waals surface area contributed by atoms with Gasteiger partial charge in [-0.15, -0.1) is 0 Å². The minimum absolute atomic E-state index is 0.240. The molecule has 1 aliphatic carbocycles. The van der Waals surface area contributed by atoms with Crippen molar-refractivity contribution in [1.29, 1.82) is 0 Å². The molecule has 3 aliphatic rings. The highest BCUT2D eigenvalue weighted by Gasteiger charge is 2.49. The van der Waals surface area contributed by atoms with Crippen LogP contribution in [0.15, 0.2) is 24.4 Å². The smallest absolute Gasteiger partial charge is 0.226 e. The van der Waals surface area contributed by atoms with Crippen molar-refractivity contribution in [3.05, 3.63) is 30.1 Å². The summed E-state index contributed by atoms with van der Waals surface area (Å²) in [4.78, 5) is 18.7. The number of fused-ring (bicyclic) bond motifs is 1. The topological polar surface area (TPSA) is 51.7 Å². The Kier molecular flexibility index (Phi) is 4.55. The molecule has 1 aromatic heterocycles. The second-order valence-corrected chi connectivity index (χ2v) is 7.52. The third-order valence-corrected chi connectivity index (χ3v) is 5.79.